The summed E-state index contributed by atoms with van der Waals surface area (Å²) in [7, 11) is -3.93. The average molecular weight is 721 g/mol. The third-order valence-corrected chi connectivity index (χ3v) is 7.09. The van der Waals surface area contributed by atoms with Crippen LogP contribution in [0.1, 0.15) is 60.5 Å². The van der Waals surface area contributed by atoms with E-state index in [1.807, 2.05) is 6.92 Å². The number of aliphatic imine (C=N–C) groups is 1. The molecule has 0 saturated heterocycles. The largest absolute Gasteiger partial charge is 0.455 e. The number of benzene rings is 2. The van der Waals surface area contributed by atoms with E-state index >= 15 is 0 Å². The van der Waals surface area contributed by atoms with Crippen LogP contribution in [-0.2, 0) is 30.3 Å². The molecule has 41 heavy (non-hydrogen) atoms. The number of hydrogen-bond acceptors (Lipinski definition) is 9. The lowest BCUT2D eigenvalue weighted by atomic mass is 10.2. The summed E-state index contributed by atoms with van der Waals surface area (Å²) in [5.41, 5.74) is -0.825. The van der Waals surface area contributed by atoms with Gasteiger partial charge in [0, 0.05) is 6.07 Å². The van der Waals surface area contributed by atoms with Crippen molar-refractivity contribution in [2.75, 3.05) is 6.61 Å². The van der Waals surface area contributed by atoms with E-state index in [-0.39, 0.29) is 29.8 Å². The summed E-state index contributed by atoms with van der Waals surface area (Å²) in [6.45, 7) is 12.2. The van der Waals surface area contributed by atoms with Gasteiger partial charge in [-0.3, -0.25) is 14.8 Å². The molecule has 2 aromatic carbocycles. The minimum atomic E-state index is -3.93. The van der Waals surface area contributed by atoms with Gasteiger partial charge in [-0.15, -0.1) is 0 Å². The Morgan fingerprint density at radius 3 is 1.95 bits per heavy atom. The first-order valence-corrected chi connectivity index (χ1v) is 15.6. The molecule has 0 aliphatic carbocycles. The van der Waals surface area contributed by atoms with Crippen LogP contribution in [0.4, 0.5) is 9.59 Å². The van der Waals surface area contributed by atoms with E-state index in [1.54, 1.807) is 65.8 Å². The number of carbonyl (C=O) groups excluding carboxylic acids is 2. The Morgan fingerprint density at radius 2 is 1.44 bits per heavy atom. The summed E-state index contributed by atoms with van der Waals surface area (Å²) in [4.78, 5) is 28.9. The Kier molecular flexibility index (Phi) is 12.2. The topological polar surface area (TPSA) is 142 Å². The Bertz CT molecular complexity index is 1350. The number of halogens is 2. The molecule has 0 saturated carbocycles. The molecule has 2 N–H and O–H groups in total. The van der Waals surface area contributed by atoms with Crippen molar-refractivity contribution in [3.05, 3.63) is 50.9 Å². The van der Waals surface area contributed by atoms with E-state index in [0.717, 1.165) is 0 Å². The third-order valence-electron chi connectivity index (χ3n) is 4.51. The zero-order valence-corrected chi connectivity index (χ0v) is 28.0. The number of hydrogen-bond donors (Lipinski definition) is 2. The van der Waals surface area contributed by atoms with Gasteiger partial charge >= 0.3 is 12.2 Å². The van der Waals surface area contributed by atoms with E-state index in [4.69, 9.17) is 18.4 Å². The quantitative estimate of drug-likeness (QED) is 0.168. The van der Waals surface area contributed by atoms with Crippen molar-refractivity contribution in [1.82, 2.24) is 10.6 Å². The van der Waals surface area contributed by atoms with Gasteiger partial charge in [-0.2, -0.15) is 8.42 Å². The number of ether oxygens (including phenoxy) is 3. The van der Waals surface area contributed by atoms with Crippen LogP contribution in [0.3, 0.4) is 0 Å². The van der Waals surface area contributed by atoms with Crippen molar-refractivity contribution < 1.29 is 36.4 Å². The molecule has 0 aliphatic rings. The standard InChI is InChI=1S/C27H35Br2N3O8S/c1-8-13-37-41(35,36)18-10-11-19(28)22(15-18)38-21-12-9-17(14-20(21)29)16-30-23(31-24(33)39-26(2,3)4)32-25(34)40-27(5,6)7/h9-12,14-15H,8,13,16H2,1-7H3,(H2,30,31,32,33,34). The first-order chi connectivity index (χ1) is 18.9. The van der Waals surface area contributed by atoms with E-state index < -0.39 is 33.5 Å². The van der Waals surface area contributed by atoms with Crippen molar-refractivity contribution in [3.8, 4) is 11.5 Å². The van der Waals surface area contributed by atoms with Crippen LogP contribution in [-0.4, -0.2) is 44.4 Å². The van der Waals surface area contributed by atoms with E-state index in [9.17, 15) is 18.0 Å². The molecule has 226 valence electrons. The normalized spacial score (nSPS) is 11.8. The fourth-order valence-corrected chi connectivity index (χ4v) is 4.75. The predicted molar refractivity (Wildman–Crippen MR) is 162 cm³/mol. The average Bonchev–Trinajstić information content (AvgIpc) is 2.81. The van der Waals surface area contributed by atoms with Crippen LogP contribution in [0.2, 0.25) is 0 Å². The lowest BCUT2D eigenvalue weighted by molar-refractivity contribution is 0.0545. The maximum absolute atomic E-state index is 12.4. The molecule has 0 unspecified atom stereocenters. The third kappa shape index (κ3) is 12.4. The van der Waals surface area contributed by atoms with Crippen molar-refractivity contribution in [2.24, 2.45) is 4.99 Å². The highest BCUT2D eigenvalue weighted by Gasteiger charge is 2.22. The summed E-state index contributed by atoms with van der Waals surface area (Å²) >= 11 is 6.84. The summed E-state index contributed by atoms with van der Waals surface area (Å²) in [6.07, 6.45) is -1.04. The second kappa shape index (κ2) is 14.5. The van der Waals surface area contributed by atoms with Gasteiger partial charge in [0.2, 0.25) is 5.96 Å². The van der Waals surface area contributed by atoms with Crippen molar-refractivity contribution in [3.63, 3.8) is 0 Å². The van der Waals surface area contributed by atoms with Gasteiger partial charge < -0.3 is 14.2 Å². The number of nitrogens with one attached hydrogen (secondary N) is 2. The molecule has 0 aliphatic heterocycles. The minimum absolute atomic E-state index is 0.0336. The summed E-state index contributed by atoms with van der Waals surface area (Å²) in [5.74, 6) is 0.515. The Morgan fingerprint density at radius 1 is 0.854 bits per heavy atom. The van der Waals surface area contributed by atoms with E-state index in [1.165, 1.54) is 12.1 Å². The molecule has 2 rings (SSSR count). The van der Waals surface area contributed by atoms with Crippen LogP contribution < -0.4 is 15.4 Å². The van der Waals surface area contributed by atoms with Crippen molar-refractivity contribution >= 4 is 60.1 Å². The summed E-state index contributed by atoms with van der Waals surface area (Å²) in [5, 5.41) is 4.86. The highest BCUT2D eigenvalue weighted by Crippen LogP contribution is 2.36. The summed E-state index contributed by atoms with van der Waals surface area (Å²) < 4.78 is 47.4. The molecule has 14 heteroatoms. The Hall–Kier alpha value is -2.68. The number of rotatable bonds is 8. The van der Waals surface area contributed by atoms with Crippen LogP contribution in [0.5, 0.6) is 11.5 Å². The number of carbonyl (C=O) groups is 2. The molecular weight excluding hydrogens is 686 g/mol. The highest BCUT2D eigenvalue weighted by atomic mass is 79.9. The smallest absolute Gasteiger partial charge is 0.414 e. The number of guanidine groups is 1. The molecule has 0 spiro atoms. The molecule has 0 atom stereocenters. The maximum atomic E-state index is 12.4. The van der Waals surface area contributed by atoms with Gasteiger partial charge in [0.1, 0.15) is 22.7 Å². The van der Waals surface area contributed by atoms with Gasteiger partial charge in [-0.1, -0.05) is 13.0 Å². The molecule has 2 amide bonds. The van der Waals surface area contributed by atoms with Crippen LogP contribution in [0.15, 0.2) is 55.2 Å². The van der Waals surface area contributed by atoms with Gasteiger partial charge in [0.05, 0.1) is 27.0 Å². The fraction of sp³-hybridized carbons (Fsp3) is 0.444. The molecule has 0 heterocycles. The molecule has 0 fully saturated rings. The van der Waals surface area contributed by atoms with E-state index in [2.05, 4.69) is 47.5 Å². The summed E-state index contributed by atoms with van der Waals surface area (Å²) in [6, 6.07) is 9.48. The fourth-order valence-electron chi connectivity index (χ4n) is 2.90. The lowest BCUT2D eigenvalue weighted by Crippen LogP contribution is -2.47. The zero-order valence-electron chi connectivity index (χ0n) is 24.0. The molecule has 0 aromatic heterocycles. The predicted octanol–water partition coefficient (Wildman–Crippen LogP) is 7.02. The maximum Gasteiger partial charge on any atom is 0.414 e. The molecular formula is C27H35Br2N3O8S. The van der Waals surface area contributed by atoms with Crippen molar-refractivity contribution in [1.29, 1.82) is 0 Å². The van der Waals surface area contributed by atoms with E-state index in [0.29, 0.717) is 26.7 Å². The molecule has 2 aromatic rings. The van der Waals surface area contributed by atoms with Crippen LogP contribution in [0.25, 0.3) is 0 Å². The minimum Gasteiger partial charge on any atom is -0.455 e. The number of alkyl carbamates (subject to hydrolysis) is 2. The van der Waals surface area contributed by atoms with Gasteiger partial charge in [0.15, 0.2) is 0 Å². The number of amides is 2. The second-order valence-electron chi connectivity index (χ2n) is 10.7. The highest BCUT2D eigenvalue weighted by molar-refractivity contribution is 9.11. The first kappa shape index (κ1) is 34.5. The van der Waals surface area contributed by atoms with Crippen molar-refractivity contribution in [2.45, 2.75) is 77.5 Å². The van der Waals surface area contributed by atoms with Gasteiger partial charge in [-0.05, 0) is 110 Å². The zero-order chi connectivity index (χ0) is 31.0. The number of nitrogens with zero attached hydrogens (tertiary/aromatic N) is 1. The molecule has 0 bridgehead atoms. The Labute approximate surface area is 257 Å². The second-order valence-corrected chi connectivity index (χ2v) is 14.0. The first-order valence-electron chi connectivity index (χ1n) is 12.6. The van der Waals surface area contributed by atoms with Crippen LogP contribution in [0, 0.1) is 0 Å². The molecule has 0 radical (unpaired) electrons. The van der Waals surface area contributed by atoms with Crippen LogP contribution >= 0.6 is 31.9 Å². The molecule has 11 nitrogen and oxygen atoms in total. The Balaban J connectivity index is 2.24. The van der Waals surface area contributed by atoms with Gasteiger partial charge in [0.25, 0.3) is 10.1 Å². The monoisotopic (exact) mass is 719 g/mol. The van der Waals surface area contributed by atoms with Gasteiger partial charge in [-0.25, -0.2) is 14.6 Å². The lowest BCUT2D eigenvalue weighted by Gasteiger charge is -2.22. The SMILES string of the molecule is CCCOS(=O)(=O)c1ccc(Br)c(Oc2ccc(CN=C(NC(=O)OC(C)(C)C)NC(=O)OC(C)(C)C)cc2Br)c1.